The third kappa shape index (κ3) is 4.18. The topological polar surface area (TPSA) is 69.6 Å². The monoisotopic (exact) mass is 282 g/mol. The molecule has 0 aliphatic carbocycles. The molecule has 1 aliphatic heterocycles. The van der Waals surface area contributed by atoms with E-state index in [1.165, 1.54) is 11.2 Å². The Kier molecular flexibility index (Phi) is 5.72. The van der Waals surface area contributed by atoms with Gasteiger partial charge < -0.3 is 5.32 Å². The Morgan fingerprint density at radius 3 is 2.58 bits per heavy atom. The number of piperidine rings is 1. The molecule has 1 aliphatic rings. The van der Waals surface area contributed by atoms with Crippen LogP contribution in [0.1, 0.15) is 13.3 Å². The van der Waals surface area contributed by atoms with Crippen molar-refractivity contribution in [2.45, 2.75) is 19.4 Å². The maximum atomic E-state index is 11.4. The molecular weight excluding hydrogens is 264 g/mol. The summed E-state index contributed by atoms with van der Waals surface area (Å²) in [6.45, 7) is 8.93. The van der Waals surface area contributed by atoms with Crippen molar-refractivity contribution in [2.75, 3.05) is 6.54 Å². The van der Waals surface area contributed by atoms with E-state index in [2.05, 4.69) is 18.5 Å². The molecule has 0 radical (unpaired) electrons. The summed E-state index contributed by atoms with van der Waals surface area (Å²) in [5.41, 5.74) is 1.46. The van der Waals surface area contributed by atoms with Gasteiger partial charge in [-0.2, -0.15) is 0 Å². The first kappa shape index (κ1) is 15.4. The summed E-state index contributed by atoms with van der Waals surface area (Å²) in [5.74, 6) is -0.164. The molecule has 0 saturated carbocycles. The lowest BCUT2D eigenvalue weighted by atomic mass is 9.97. The maximum Gasteiger partial charge on any atom is 0.261 e. The standard InChI is InChI=1S/C13H18N2O3S/c1-4-6-11-8-12(14-10(3)16)9-15(19(17)18)13(11)7-5-2/h4-7,12H,1-2,8-9H2,3H3,(H,14,16)(H,17,18)/b11-6-,13-7+/t12-/m1/s1. The molecule has 1 unspecified atom stereocenters. The van der Waals surface area contributed by atoms with E-state index in [0.717, 1.165) is 5.57 Å². The molecule has 5 nitrogen and oxygen atoms in total. The third-order valence-corrected chi connectivity index (χ3v) is 3.36. The van der Waals surface area contributed by atoms with E-state index in [0.29, 0.717) is 12.1 Å². The van der Waals surface area contributed by atoms with Crippen molar-refractivity contribution in [3.05, 3.63) is 48.7 Å². The Labute approximate surface area is 115 Å². The highest BCUT2D eigenvalue weighted by Gasteiger charge is 2.29. The molecule has 104 valence electrons. The van der Waals surface area contributed by atoms with Gasteiger partial charge in [0.15, 0.2) is 0 Å². The molecule has 1 saturated heterocycles. The largest absolute Gasteiger partial charge is 0.351 e. The molecule has 6 heteroatoms. The third-order valence-electron chi connectivity index (χ3n) is 2.64. The number of nitrogens with one attached hydrogen (secondary N) is 1. The first-order valence-corrected chi connectivity index (χ1v) is 6.86. The van der Waals surface area contributed by atoms with Crippen LogP contribution in [-0.4, -0.2) is 31.6 Å². The number of carbonyl (C=O) groups is 1. The van der Waals surface area contributed by atoms with Crippen molar-refractivity contribution in [1.82, 2.24) is 9.62 Å². The summed E-state index contributed by atoms with van der Waals surface area (Å²) in [5, 5.41) is 2.76. The molecule has 0 spiro atoms. The molecule has 0 bridgehead atoms. The minimum absolute atomic E-state index is 0.164. The van der Waals surface area contributed by atoms with Gasteiger partial charge in [-0.25, -0.2) is 4.21 Å². The fraction of sp³-hybridized carbons (Fsp3) is 0.308. The fourth-order valence-corrected chi connectivity index (χ4v) is 2.68. The quantitative estimate of drug-likeness (QED) is 0.768. The zero-order valence-corrected chi connectivity index (χ0v) is 11.7. The fourth-order valence-electron chi connectivity index (χ4n) is 2.02. The number of nitrogens with zero attached hydrogens (tertiary/aromatic N) is 1. The van der Waals surface area contributed by atoms with Crippen molar-refractivity contribution in [3.63, 3.8) is 0 Å². The van der Waals surface area contributed by atoms with Crippen molar-refractivity contribution < 1.29 is 13.6 Å². The molecule has 1 fully saturated rings. The van der Waals surface area contributed by atoms with Crippen LogP contribution in [-0.2, 0) is 16.1 Å². The second-order valence-corrected chi connectivity index (χ2v) is 5.01. The van der Waals surface area contributed by atoms with Crippen molar-refractivity contribution in [1.29, 1.82) is 0 Å². The molecular formula is C13H18N2O3S. The minimum Gasteiger partial charge on any atom is -0.351 e. The molecule has 0 aromatic carbocycles. The van der Waals surface area contributed by atoms with E-state index in [1.54, 1.807) is 24.3 Å². The molecule has 2 N–H and O–H groups in total. The smallest absolute Gasteiger partial charge is 0.261 e. The lowest BCUT2D eigenvalue weighted by Gasteiger charge is -2.35. The van der Waals surface area contributed by atoms with E-state index in [9.17, 15) is 13.6 Å². The Hall–Kier alpha value is -1.66. The summed E-state index contributed by atoms with van der Waals surface area (Å²) in [7, 11) is 0. The second-order valence-electron chi connectivity index (χ2n) is 4.11. The number of hydrogen-bond donors (Lipinski definition) is 2. The van der Waals surface area contributed by atoms with Gasteiger partial charge in [0.2, 0.25) is 5.91 Å². The number of hydrogen-bond acceptors (Lipinski definition) is 2. The van der Waals surface area contributed by atoms with Crippen LogP contribution in [0.2, 0.25) is 0 Å². The lowest BCUT2D eigenvalue weighted by Crippen LogP contribution is -2.47. The highest BCUT2D eigenvalue weighted by atomic mass is 32.2. The van der Waals surface area contributed by atoms with Crippen LogP contribution in [0.15, 0.2) is 48.7 Å². The summed E-state index contributed by atoms with van der Waals surface area (Å²) < 4.78 is 22.1. The van der Waals surface area contributed by atoms with Crippen LogP contribution in [0.3, 0.4) is 0 Å². The van der Waals surface area contributed by atoms with Crippen LogP contribution >= 0.6 is 0 Å². The Morgan fingerprint density at radius 2 is 2.11 bits per heavy atom. The van der Waals surface area contributed by atoms with E-state index in [1.807, 2.05) is 0 Å². The van der Waals surface area contributed by atoms with Crippen LogP contribution in [0.5, 0.6) is 0 Å². The zero-order chi connectivity index (χ0) is 14.4. The Balaban J connectivity index is 3.11. The predicted molar refractivity (Wildman–Crippen MR) is 76.3 cm³/mol. The number of rotatable bonds is 4. The van der Waals surface area contributed by atoms with Crippen molar-refractivity contribution in [3.8, 4) is 0 Å². The van der Waals surface area contributed by atoms with Crippen LogP contribution < -0.4 is 5.32 Å². The molecule has 0 aromatic rings. The second kappa shape index (κ2) is 7.06. The van der Waals surface area contributed by atoms with E-state index in [4.69, 9.17) is 0 Å². The first-order chi connectivity index (χ1) is 8.99. The zero-order valence-electron chi connectivity index (χ0n) is 10.8. The lowest BCUT2D eigenvalue weighted by molar-refractivity contribution is -0.119. The summed E-state index contributed by atoms with van der Waals surface area (Å²) in [6.07, 6.45) is 7.20. The summed E-state index contributed by atoms with van der Waals surface area (Å²) >= 11 is -2.15. The highest BCUT2D eigenvalue weighted by Crippen LogP contribution is 2.28. The van der Waals surface area contributed by atoms with Gasteiger partial charge in [-0.1, -0.05) is 31.4 Å². The van der Waals surface area contributed by atoms with Gasteiger partial charge in [-0.15, -0.1) is 0 Å². The van der Waals surface area contributed by atoms with Gasteiger partial charge in [0, 0.05) is 6.92 Å². The predicted octanol–water partition coefficient (Wildman–Crippen LogP) is 1.52. The number of allylic oxidation sites excluding steroid dienone is 5. The molecule has 0 aromatic heterocycles. The van der Waals surface area contributed by atoms with Crippen LogP contribution in [0.4, 0.5) is 0 Å². The van der Waals surface area contributed by atoms with E-state index >= 15 is 0 Å². The normalized spacial score (nSPS) is 25.2. The van der Waals surface area contributed by atoms with Gasteiger partial charge in [0.25, 0.3) is 11.3 Å². The van der Waals surface area contributed by atoms with Crippen LogP contribution in [0, 0.1) is 0 Å². The summed E-state index contributed by atoms with van der Waals surface area (Å²) in [6, 6.07) is -0.207. The average molecular weight is 282 g/mol. The number of carbonyl (C=O) groups excluding carboxylic acids is 1. The molecule has 1 heterocycles. The Bertz CT molecular complexity index is 469. The summed E-state index contributed by atoms with van der Waals surface area (Å²) in [4.78, 5) is 11.1. The maximum absolute atomic E-state index is 11.4. The Morgan fingerprint density at radius 1 is 1.47 bits per heavy atom. The molecule has 19 heavy (non-hydrogen) atoms. The van der Waals surface area contributed by atoms with Gasteiger partial charge in [-0.05, 0) is 18.1 Å². The first-order valence-electron chi connectivity index (χ1n) is 5.80. The van der Waals surface area contributed by atoms with Crippen molar-refractivity contribution in [2.24, 2.45) is 0 Å². The molecule has 1 rings (SSSR count). The molecule has 1 amide bonds. The van der Waals surface area contributed by atoms with E-state index in [-0.39, 0.29) is 18.5 Å². The van der Waals surface area contributed by atoms with E-state index < -0.39 is 11.3 Å². The van der Waals surface area contributed by atoms with Crippen molar-refractivity contribution >= 4 is 17.2 Å². The average Bonchev–Trinajstić information content (AvgIpc) is 2.31. The molecule has 2 atom stereocenters. The SMILES string of the molecule is C=C/C=C1/C[C@@H](NC(C)=O)CN(S(=O)O)/C1=C/C=C. The van der Waals surface area contributed by atoms with Gasteiger partial charge in [0.1, 0.15) is 0 Å². The van der Waals surface area contributed by atoms with Gasteiger partial charge in [0.05, 0.1) is 18.3 Å². The highest BCUT2D eigenvalue weighted by molar-refractivity contribution is 7.76. The number of amides is 1. The van der Waals surface area contributed by atoms with Crippen LogP contribution in [0.25, 0.3) is 0 Å². The van der Waals surface area contributed by atoms with Gasteiger partial charge in [-0.3, -0.25) is 13.7 Å². The van der Waals surface area contributed by atoms with Gasteiger partial charge >= 0.3 is 0 Å². The minimum atomic E-state index is -2.15.